The summed E-state index contributed by atoms with van der Waals surface area (Å²) in [7, 11) is 3.08. The molecule has 0 amide bonds. The van der Waals surface area contributed by atoms with Gasteiger partial charge in [-0.3, -0.25) is 9.59 Å². The molecule has 0 aliphatic carbocycles. The Kier molecular flexibility index (Phi) is 3.70. The average Bonchev–Trinajstić information content (AvgIpc) is 2.44. The number of methoxy groups -OCH3 is 2. The van der Waals surface area contributed by atoms with E-state index in [1.54, 1.807) is 46.1 Å². The predicted molar refractivity (Wildman–Crippen MR) is 76.4 cm³/mol. The molecule has 1 aliphatic heterocycles. The minimum absolute atomic E-state index is 0.129. The fraction of sp³-hybridized carbons (Fsp3) is 0.500. The number of ketones is 1. The molecule has 1 heterocycles. The molecule has 21 heavy (non-hydrogen) atoms. The van der Waals surface area contributed by atoms with E-state index in [2.05, 4.69) is 0 Å². The van der Waals surface area contributed by atoms with Crippen molar-refractivity contribution in [1.82, 2.24) is 0 Å². The van der Waals surface area contributed by atoms with Crippen molar-refractivity contribution in [2.75, 3.05) is 14.2 Å². The van der Waals surface area contributed by atoms with Crippen molar-refractivity contribution in [2.24, 2.45) is 5.41 Å². The maximum atomic E-state index is 12.2. The second-order valence-corrected chi connectivity index (χ2v) is 5.80. The minimum atomic E-state index is -1.04. The average molecular weight is 292 g/mol. The van der Waals surface area contributed by atoms with E-state index in [-0.39, 0.29) is 12.2 Å². The summed E-state index contributed by atoms with van der Waals surface area (Å²) in [5, 5.41) is 0. The first-order valence-corrected chi connectivity index (χ1v) is 6.74. The molecular formula is C16H20O5. The molecular weight excluding hydrogens is 272 g/mol. The van der Waals surface area contributed by atoms with Crippen molar-refractivity contribution in [1.29, 1.82) is 0 Å². The summed E-state index contributed by atoms with van der Waals surface area (Å²) in [6.07, 6.45) is -0.185. The third-order valence-corrected chi connectivity index (χ3v) is 4.45. The van der Waals surface area contributed by atoms with Gasteiger partial charge >= 0.3 is 5.97 Å². The van der Waals surface area contributed by atoms with E-state index in [1.165, 1.54) is 7.11 Å². The van der Waals surface area contributed by atoms with Gasteiger partial charge in [0.15, 0.2) is 17.3 Å². The standard InChI is InChI=1S/C16H20O5/c1-15(2)13(17)9-14(18)21-16(15,3)10-6-7-11(19-4)12(8-10)20-5/h6-8H,9H2,1-5H3. The second-order valence-electron chi connectivity index (χ2n) is 5.80. The molecule has 1 atom stereocenters. The van der Waals surface area contributed by atoms with Crippen molar-refractivity contribution < 1.29 is 23.8 Å². The summed E-state index contributed by atoms with van der Waals surface area (Å²) >= 11 is 0. The lowest BCUT2D eigenvalue weighted by Crippen LogP contribution is -2.52. The molecule has 0 N–H and O–H groups in total. The molecule has 1 fully saturated rings. The molecule has 1 saturated heterocycles. The van der Waals surface area contributed by atoms with Crippen LogP contribution in [0.4, 0.5) is 0 Å². The fourth-order valence-corrected chi connectivity index (χ4v) is 2.56. The highest BCUT2D eigenvalue weighted by molar-refractivity contribution is 6.01. The number of carbonyl (C=O) groups excluding carboxylic acids is 2. The number of carbonyl (C=O) groups is 2. The van der Waals surface area contributed by atoms with E-state index in [0.29, 0.717) is 17.1 Å². The molecule has 0 radical (unpaired) electrons. The van der Waals surface area contributed by atoms with Crippen molar-refractivity contribution >= 4 is 11.8 Å². The van der Waals surface area contributed by atoms with E-state index in [4.69, 9.17) is 14.2 Å². The molecule has 5 heteroatoms. The highest BCUT2D eigenvalue weighted by Gasteiger charge is 2.54. The van der Waals surface area contributed by atoms with Crippen LogP contribution < -0.4 is 9.47 Å². The Morgan fingerprint density at radius 1 is 1.05 bits per heavy atom. The monoisotopic (exact) mass is 292 g/mol. The number of hydrogen-bond donors (Lipinski definition) is 0. The normalized spacial score (nSPS) is 24.4. The lowest BCUT2D eigenvalue weighted by Gasteiger charge is -2.45. The van der Waals surface area contributed by atoms with Gasteiger partial charge in [-0.15, -0.1) is 0 Å². The number of Topliss-reactive ketones (excluding diaryl/α,β-unsaturated/α-hetero) is 1. The first-order valence-electron chi connectivity index (χ1n) is 6.74. The van der Waals surface area contributed by atoms with E-state index in [9.17, 15) is 9.59 Å². The third-order valence-electron chi connectivity index (χ3n) is 4.45. The van der Waals surface area contributed by atoms with Crippen LogP contribution in [0.5, 0.6) is 11.5 Å². The van der Waals surface area contributed by atoms with Gasteiger partial charge in [-0.2, -0.15) is 0 Å². The first kappa shape index (κ1) is 15.4. The van der Waals surface area contributed by atoms with E-state index >= 15 is 0 Å². The molecule has 1 unspecified atom stereocenters. The number of rotatable bonds is 3. The number of esters is 1. The molecule has 5 nitrogen and oxygen atoms in total. The van der Waals surface area contributed by atoms with Crippen molar-refractivity contribution in [3.05, 3.63) is 23.8 Å². The van der Waals surface area contributed by atoms with Crippen LogP contribution in [0.25, 0.3) is 0 Å². The zero-order chi connectivity index (χ0) is 15.8. The van der Waals surface area contributed by atoms with Crippen LogP contribution in [0.3, 0.4) is 0 Å². The summed E-state index contributed by atoms with van der Waals surface area (Å²) < 4.78 is 16.1. The van der Waals surface area contributed by atoms with Gasteiger partial charge in [0, 0.05) is 5.56 Å². The largest absolute Gasteiger partial charge is 0.493 e. The van der Waals surface area contributed by atoms with Gasteiger partial charge in [-0.25, -0.2) is 0 Å². The zero-order valence-electron chi connectivity index (χ0n) is 13.0. The van der Waals surface area contributed by atoms with Gasteiger partial charge in [0.05, 0.1) is 19.6 Å². The molecule has 1 aliphatic rings. The highest BCUT2D eigenvalue weighted by Crippen LogP contribution is 2.48. The van der Waals surface area contributed by atoms with E-state index < -0.39 is 17.0 Å². The Bertz CT molecular complexity index is 590. The van der Waals surface area contributed by atoms with Crippen molar-refractivity contribution in [2.45, 2.75) is 32.8 Å². The molecule has 114 valence electrons. The van der Waals surface area contributed by atoms with Crippen LogP contribution in [0.1, 0.15) is 32.8 Å². The van der Waals surface area contributed by atoms with Crippen LogP contribution in [0, 0.1) is 5.41 Å². The van der Waals surface area contributed by atoms with E-state index in [0.717, 1.165) is 0 Å². The number of cyclic esters (lactones) is 1. The van der Waals surface area contributed by atoms with Crippen molar-refractivity contribution in [3.63, 3.8) is 0 Å². The summed E-state index contributed by atoms with van der Waals surface area (Å²) in [5.41, 5.74) is -1.16. The number of benzene rings is 1. The number of ether oxygens (including phenoxy) is 3. The Morgan fingerprint density at radius 3 is 2.24 bits per heavy atom. The first-order chi connectivity index (χ1) is 9.76. The van der Waals surface area contributed by atoms with Crippen LogP contribution in [0.2, 0.25) is 0 Å². The molecule has 1 aromatic carbocycles. The maximum Gasteiger partial charge on any atom is 0.314 e. The summed E-state index contributed by atoms with van der Waals surface area (Å²) in [5.74, 6) is 0.477. The van der Waals surface area contributed by atoms with Gasteiger partial charge in [-0.1, -0.05) is 6.07 Å². The van der Waals surface area contributed by atoms with Crippen LogP contribution in [-0.4, -0.2) is 26.0 Å². The molecule has 0 aromatic heterocycles. The molecule has 2 rings (SSSR count). The lowest BCUT2D eigenvalue weighted by molar-refractivity contribution is -0.189. The highest BCUT2D eigenvalue weighted by atomic mass is 16.6. The van der Waals surface area contributed by atoms with Gasteiger partial charge in [0.1, 0.15) is 12.0 Å². The van der Waals surface area contributed by atoms with Crippen molar-refractivity contribution in [3.8, 4) is 11.5 Å². The number of hydrogen-bond acceptors (Lipinski definition) is 5. The van der Waals surface area contributed by atoms with Gasteiger partial charge < -0.3 is 14.2 Å². The topological polar surface area (TPSA) is 61.8 Å². The van der Waals surface area contributed by atoms with Crippen LogP contribution >= 0.6 is 0 Å². The van der Waals surface area contributed by atoms with Gasteiger partial charge in [-0.05, 0) is 32.9 Å². The Hall–Kier alpha value is -2.04. The maximum absolute atomic E-state index is 12.2. The van der Waals surface area contributed by atoms with Gasteiger partial charge in [0.2, 0.25) is 0 Å². The lowest BCUT2D eigenvalue weighted by atomic mass is 9.67. The summed E-state index contributed by atoms with van der Waals surface area (Å²) in [6.45, 7) is 5.33. The Balaban J connectivity index is 2.56. The Morgan fingerprint density at radius 2 is 1.67 bits per heavy atom. The van der Waals surface area contributed by atoms with Crippen LogP contribution in [0.15, 0.2) is 18.2 Å². The SMILES string of the molecule is COc1ccc(C2(C)OC(=O)CC(=O)C2(C)C)cc1OC. The molecule has 0 saturated carbocycles. The molecule has 0 bridgehead atoms. The Labute approximate surface area is 124 Å². The molecule has 0 spiro atoms. The fourth-order valence-electron chi connectivity index (χ4n) is 2.56. The second kappa shape index (κ2) is 5.06. The van der Waals surface area contributed by atoms with Gasteiger partial charge in [0.25, 0.3) is 0 Å². The van der Waals surface area contributed by atoms with Crippen LogP contribution in [-0.2, 0) is 19.9 Å². The quantitative estimate of drug-likeness (QED) is 0.632. The van der Waals surface area contributed by atoms with E-state index in [1.807, 2.05) is 0 Å². The third kappa shape index (κ3) is 2.26. The zero-order valence-corrected chi connectivity index (χ0v) is 13.0. The summed E-state index contributed by atoms with van der Waals surface area (Å²) in [4.78, 5) is 24.0. The minimum Gasteiger partial charge on any atom is -0.493 e. The smallest absolute Gasteiger partial charge is 0.314 e. The molecule has 1 aromatic rings. The summed E-state index contributed by atoms with van der Waals surface area (Å²) in [6, 6.07) is 5.27. The predicted octanol–water partition coefficient (Wildman–Crippen LogP) is 2.46.